The van der Waals surface area contributed by atoms with E-state index in [0.29, 0.717) is 31.6 Å². The van der Waals surface area contributed by atoms with E-state index in [2.05, 4.69) is 23.2 Å². The molecule has 112 valence electrons. The van der Waals surface area contributed by atoms with Gasteiger partial charge in [-0.15, -0.1) is 0 Å². The summed E-state index contributed by atoms with van der Waals surface area (Å²) in [5, 5.41) is 13.0. The highest BCUT2D eigenvalue weighted by Gasteiger charge is 2.23. The minimum Gasteiger partial charge on any atom is -0.393 e. The zero-order valence-corrected chi connectivity index (χ0v) is 12.2. The molecule has 4 nitrogen and oxygen atoms in total. The van der Waals surface area contributed by atoms with Crippen molar-refractivity contribution in [2.24, 2.45) is 0 Å². The van der Waals surface area contributed by atoms with Crippen LogP contribution in [-0.2, 0) is 0 Å². The lowest BCUT2D eigenvalue weighted by molar-refractivity contribution is 0.0542. The molecular weight excluding hydrogens is 276 g/mol. The summed E-state index contributed by atoms with van der Waals surface area (Å²) in [7, 11) is 0. The maximum absolute atomic E-state index is 12.6. The molecule has 22 heavy (non-hydrogen) atoms. The Bertz CT molecular complexity index is 845. The van der Waals surface area contributed by atoms with Crippen molar-refractivity contribution in [2.45, 2.75) is 18.9 Å². The van der Waals surface area contributed by atoms with Crippen LogP contribution in [0.25, 0.3) is 21.7 Å². The van der Waals surface area contributed by atoms with Crippen LogP contribution in [0.4, 0.5) is 0 Å². The minimum atomic E-state index is -0.268. The van der Waals surface area contributed by atoms with Crippen molar-refractivity contribution in [3.8, 4) is 0 Å². The number of likely N-dealkylation sites (tertiary alicyclic amines) is 1. The van der Waals surface area contributed by atoms with E-state index >= 15 is 0 Å². The second-order valence-corrected chi connectivity index (χ2v) is 5.95. The topological polar surface area (TPSA) is 56.3 Å². The molecule has 0 aliphatic carbocycles. The predicted molar refractivity (Wildman–Crippen MR) is 86.9 cm³/mol. The minimum absolute atomic E-state index is 0.0205. The normalized spacial score (nSPS) is 16.5. The highest BCUT2D eigenvalue weighted by atomic mass is 16.3. The van der Waals surface area contributed by atoms with Gasteiger partial charge in [-0.2, -0.15) is 0 Å². The molecule has 2 heterocycles. The molecule has 1 aliphatic rings. The lowest BCUT2D eigenvalue weighted by Crippen LogP contribution is -2.40. The summed E-state index contributed by atoms with van der Waals surface area (Å²) in [5.74, 6) is 0.0205. The number of aromatic amines is 1. The van der Waals surface area contributed by atoms with Crippen LogP contribution in [0.2, 0.25) is 0 Å². The van der Waals surface area contributed by atoms with Gasteiger partial charge in [0.1, 0.15) is 5.69 Å². The molecule has 4 rings (SSSR count). The Morgan fingerprint density at radius 2 is 1.86 bits per heavy atom. The van der Waals surface area contributed by atoms with Crippen molar-refractivity contribution in [1.82, 2.24) is 9.88 Å². The molecule has 2 aromatic carbocycles. The van der Waals surface area contributed by atoms with E-state index in [1.54, 1.807) is 0 Å². The summed E-state index contributed by atoms with van der Waals surface area (Å²) >= 11 is 0. The molecule has 0 atom stereocenters. The van der Waals surface area contributed by atoms with Gasteiger partial charge < -0.3 is 15.0 Å². The van der Waals surface area contributed by atoms with Crippen molar-refractivity contribution in [2.75, 3.05) is 13.1 Å². The molecule has 1 aliphatic heterocycles. The lowest BCUT2D eigenvalue weighted by Gasteiger charge is -2.29. The Morgan fingerprint density at radius 3 is 2.68 bits per heavy atom. The smallest absolute Gasteiger partial charge is 0.270 e. The van der Waals surface area contributed by atoms with Gasteiger partial charge in [-0.3, -0.25) is 4.79 Å². The first-order valence-electron chi connectivity index (χ1n) is 7.70. The number of benzene rings is 2. The quantitative estimate of drug-likeness (QED) is 0.725. The number of H-pyrrole nitrogens is 1. The van der Waals surface area contributed by atoms with Crippen molar-refractivity contribution in [3.63, 3.8) is 0 Å². The molecule has 1 aromatic heterocycles. The fourth-order valence-electron chi connectivity index (χ4n) is 3.24. The van der Waals surface area contributed by atoms with Crippen LogP contribution in [0.1, 0.15) is 23.3 Å². The lowest BCUT2D eigenvalue weighted by atomic mass is 10.1. The number of piperidine rings is 1. The molecule has 0 unspecified atom stereocenters. The zero-order chi connectivity index (χ0) is 15.1. The Kier molecular flexibility index (Phi) is 3.12. The molecule has 1 fully saturated rings. The highest BCUT2D eigenvalue weighted by molar-refractivity contribution is 6.09. The van der Waals surface area contributed by atoms with Crippen LogP contribution in [0.15, 0.2) is 42.5 Å². The molecule has 0 saturated carbocycles. The predicted octanol–water partition coefficient (Wildman–Crippen LogP) is 2.92. The summed E-state index contributed by atoms with van der Waals surface area (Å²) in [5.41, 5.74) is 1.61. The average molecular weight is 294 g/mol. The number of aromatic nitrogens is 1. The van der Waals surface area contributed by atoms with E-state index in [1.807, 2.05) is 29.2 Å². The first-order chi connectivity index (χ1) is 10.7. The van der Waals surface area contributed by atoms with Gasteiger partial charge in [0, 0.05) is 24.0 Å². The fraction of sp³-hybridized carbons (Fsp3) is 0.278. The van der Waals surface area contributed by atoms with Gasteiger partial charge >= 0.3 is 0 Å². The third-order valence-electron chi connectivity index (χ3n) is 4.51. The van der Waals surface area contributed by atoms with Crippen LogP contribution in [0.3, 0.4) is 0 Å². The maximum atomic E-state index is 12.6. The number of hydrogen-bond donors (Lipinski definition) is 2. The number of carbonyl (C=O) groups is 1. The molecular formula is C18H18N2O2. The second kappa shape index (κ2) is 5.14. The van der Waals surface area contributed by atoms with Gasteiger partial charge in [0.25, 0.3) is 5.91 Å². The second-order valence-electron chi connectivity index (χ2n) is 5.95. The summed E-state index contributed by atoms with van der Waals surface area (Å²) in [4.78, 5) is 17.7. The first kappa shape index (κ1) is 13.3. The molecule has 0 radical (unpaired) electrons. The first-order valence-corrected chi connectivity index (χ1v) is 7.70. The Hall–Kier alpha value is -2.33. The van der Waals surface area contributed by atoms with Crippen LogP contribution >= 0.6 is 0 Å². The van der Waals surface area contributed by atoms with E-state index < -0.39 is 0 Å². The number of carbonyl (C=O) groups excluding carboxylic acids is 1. The molecule has 4 heteroatoms. The van der Waals surface area contributed by atoms with Crippen molar-refractivity contribution < 1.29 is 9.90 Å². The van der Waals surface area contributed by atoms with Crippen LogP contribution in [-0.4, -0.2) is 40.1 Å². The van der Waals surface area contributed by atoms with Crippen LogP contribution in [0, 0.1) is 0 Å². The summed E-state index contributed by atoms with van der Waals surface area (Å²) < 4.78 is 0. The SMILES string of the molecule is O=C(c1cc2c(ccc3ccccc32)[nH]1)N1CCC(O)CC1. The van der Waals surface area contributed by atoms with Gasteiger partial charge in [0.2, 0.25) is 0 Å². The molecule has 2 N–H and O–H groups in total. The van der Waals surface area contributed by atoms with E-state index in [9.17, 15) is 9.90 Å². The van der Waals surface area contributed by atoms with Gasteiger partial charge in [-0.1, -0.05) is 30.3 Å². The molecule has 1 saturated heterocycles. The number of hydrogen-bond acceptors (Lipinski definition) is 2. The van der Waals surface area contributed by atoms with Crippen LogP contribution < -0.4 is 0 Å². The number of aliphatic hydroxyl groups excluding tert-OH is 1. The Labute approximate surface area is 128 Å². The van der Waals surface area contributed by atoms with Crippen LogP contribution in [0.5, 0.6) is 0 Å². The molecule has 1 amide bonds. The molecule has 3 aromatic rings. The van der Waals surface area contributed by atoms with Crippen molar-refractivity contribution in [3.05, 3.63) is 48.2 Å². The highest BCUT2D eigenvalue weighted by Crippen LogP contribution is 2.26. The Balaban J connectivity index is 1.73. The summed E-state index contributed by atoms with van der Waals surface area (Å²) in [6.07, 6.45) is 1.06. The number of rotatable bonds is 1. The van der Waals surface area contributed by atoms with Gasteiger partial charge in [-0.05, 0) is 35.7 Å². The van der Waals surface area contributed by atoms with Gasteiger partial charge in [0.05, 0.1) is 6.10 Å². The monoisotopic (exact) mass is 294 g/mol. The van der Waals surface area contributed by atoms with E-state index in [4.69, 9.17) is 0 Å². The van der Waals surface area contributed by atoms with E-state index in [-0.39, 0.29) is 12.0 Å². The van der Waals surface area contributed by atoms with E-state index in [1.165, 1.54) is 5.39 Å². The number of fused-ring (bicyclic) bond motifs is 3. The standard InChI is InChI=1S/C18H18N2O2/c21-13-7-9-20(10-8-13)18(22)17-11-15-14-4-2-1-3-12(14)5-6-16(15)19-17/h1-6,11,13,19,21H,7-10H2. The zero-order valence-electron chi connectivity index (χ0n) is 12.2. The summed E-state index contributed by atoms with van der Waals surface area (Å²) in [6, 6.07) is 14.2. The average Bonchev–Trinajstić information content (AvgIpc) is 2.99. The number of aliphatic hydroxyl groups is 1. The number of nitrogens with zero attached hydrogens (tertiary/aromatic N) is 1. The fourth-order valence-corrected chi connectivity index (χ4v) is 3.24. The maximum Gasteiger partial charge on any atom is 0.270 e. The summed E-state index contributed by atoms with van der Waals surface area (Å²) in [6.45, 7) is 1.24. The third-order valence-corrected chi connectivity index (χ3v) is 4.51. The molecule has 0 spiro atoms. The largest absolute Gasteiger partial charge is 0.393 e. The third kappa shape index (κ3) is 2.16. The van der Waals surface area contributed by atoms with Crippen molar-refractivity contribution in [1.29, 1.82) is 0 Å². The number of amides is 1. The Morgan fingerprint density at radius 1 is 1.09 bits per heavy atom. The van der Waals surface area contributed by atoms with E-state index in [0.717, 1.165) is 16.3 Å². The van der Waals surface area contributed by atoms with Crippen molar-refractivity contribution >= 4 is 27.6 Å². The van der Waals surface area contributed by atoms with Gasteiger partial charge in [0.15, 0.2) is 0 Å². The van der Waals surface area contributed by atoms with Gasteiger partial charge in [-0.25, -0.2) is 0 Å². The molecule has 0 bridgehead atoms. The number of nitrogens with one attached hydrogen (secondary N) is 1.